The van der Waals surface area contributed by atoms with Crippen molar-refractivity contribution in [3.63, 3.8) is 0 Å². The average Bonchev–Trinajstić information content (AvgIpc) is 2.38. The topological polar surface area (TPSA) is 75.5 Å². The second kappa shape index (κ2) is 8.76. The molecule has 0 spiro atoms. The van der Waals surface area contributed by atoms with Gasteiger partial charge < -0.3 is 16.2 Å². The van der Waals surface area contributed by atoms with E-state index in [-0.39, 0.29) is 12.6 Å². The van der Waals surface area contributed by atoms with Crippen molar-refractivity contribution < 1.29 is 9.90 Å². The quantitative estimate of drug-likeness (QED) is 0.318. The van der Waals surface area contributed by atoms with E-state index >= 15 is 0 Å². The van der Waals surface area contributed by atoms with Gasteiger partial charge in [-0.3, -0.25) is 4.79 Å². The molecule has 0 unspecified atom stereocenters. The van der Waals surface area contributed by atoms with Crippen LogP contribution in [0.15, 0.2) is 0 Å². The van der Waals surface area contributed by atoms with E-state index in [0.29, 0.717) is 0 Å². The molecule has 0 radical (unpaired) electrons. The summed E-state index contributed by atoms with van der Waals surface area (Å²) in [4.78, 5) is 10.5. The Balaban J connectivity index is 0. The third kappa shape index (κ3) is 6.38. The van der Waals surface area contributed by atoms with Gasteiger partial charge in [-0.2, -0.15) is 0 Å². The lowest BCUT2D eigenvalue weighted by atomic mass is 10.4. The lowest BCUT2D eigenvalue weighted by Gasteiger charge is -2.12. The maximum Gasteiger partial charge on any atom is 0.290 e. The molecule has 0 atom stereocenters. The number of nitrogens with zero attached hydrogens (tertiary/aromatic N) is 1. The molecule has 0 bridgehead atoms. The van der Waals surface area contributed by atoms with E-state index in [1.165, 1.54) is 12.8 Å². The van der Waals surface area contributed by atoms with Crippen molar-refractivity contribution in [2.45, 2.75) is 12.8 Å². The van der Waals surface area contributed by atoms with Gasteiger partial charge in [-0.05, 0) is 12.8 Å². The van der Waals surface area contributed by atoms with Crippen molar-refractivity contribution in [1.82, 2.24) is 11.1 Å². The zero-order valence-corrected chi connectivity index (χ0v) is 8.48. The van der Waals surface area contributed by atoms with Crippen molar-refractivity contribution in [2.24, 2.45) is 0 Å². The van der Waals surface area contributed by atoms with Crippen LogP contribution in [0, 0.1) is 0 Å². The fourth-order valence-electron chi connectivity index (χ4n) is 0.908. The Labute approximate surface area is 82.9 Å². The molecular weight excluding hydrogens is 196 g/mol. The molecule has 1 rings (SSSR count). The Morgan fingerprint density at radius 3 is 2.00 bits per heavy atom. The van der Waals surface area contributed by atoms with Crippen LogP contribution in [0.2, 0.25) is 0 Å². The molecule has 0 aromatic rings. The predicted octanol–water partition coefficient (Wildman–Crippen LogP) is 1.16. The van der Waals surface area contributed by atoms with Crippen molar-refractivity contribution in [3.05, 3.63) is 0 Å². The molecule has 0 aliphatic carbocycles. The molecule has 0 aromatic carbocycles. The molecule has 1 aliphatic rings. The number of thiocarbonyl (C=S) groups is 1. The summed E-state index contributed by atoms with van der Waals surface area (Å²) in [7, 11) is 0. The average molecular weight is 210 g/mol. The van der Waals surface area contributed by atoms with Gasteiger partial charge in [0.25, 0.3) is 6.47 Å². The monoisotopic (exact) mass is 210 g/mol. The van der Waals surface area contributed by atoms with E-state index in [1.807, 2.05) is 0 Å². The van der Waals surface area contributed by atoms with Crippen molar-refractivity contribution in [2.75, 3.05) is 13.1 Å². The number of thiol groups is 1. The van der Waals surface area contributed by atoms with Crippen LogP contribution >= 0.6 is 24.8 Å². The van der Waals surface area contributed by atoms with Crippen molar-refractivity contribution in [1.29, 1.82) is 0 Å². The van der Waals surface area contributed by atoms with Crippen molar-refractivity contribution in [3.8, 4) is 0 Å². The summed E-state index contributed by atoms with van der Waals surface area (Å²) in [6.45, 7) is 1.98. The van der Waals surface area contributed by atoms with Crippen LogP contribution in [0.25, 0.3) is 0 Å². The molecule has 4 nitrogen and oxygen atoms in total. The van der Waals surface area contributed by atoms with Crippen LogP contribution in [-0.2, 0) is 4.79 Å². The highest BCUT2D eigenvalue weighted by molar-refractivity contribution is 8.10. The predicted molar refractivity (Wildman–Crippen MR) is 56.1 cm³/mol. The Hall–Kier alpha value is -0.330. The summed E-state index contributed by atoms with van der Waals surface area (Å²) in [5.74, 6) is 0. The molecule has 1 fully saturated rings. The lowest BCUT2D eigenvalue weighted by Crippen LogP contribution is -2.20. The number of rotatable bonds is 0. The van der Waals surface area contributed by atoms with E-state index in [1.54, 1.807) is 0 Å². The van der Waals surface area contributed by atoms with E-state index < -0.39 is 0 Å². The van der Waals surface area contributed by atoms with Crippen LogP contribution in [0.4, 0.5) is 0 Å². The highest BCUT2D eigenvalue weighted by Crippen LogP contribution is 2.09. The second-order valence-electron chi connectivity index (χ2n) is 2.08. The Bertz CT molecular complexity index is 138. The van der Waals surface area contributed by atoms with E-state index in [9.17, 15) is 0 Å². The molecule has 1 aliphatic heterocycles. The van der Waals surface area contributed by atoms with Gasteiger partial charge in [-0.25, -0.2) is 0 Å². The molecule has 6 heteroatoms. The number of hydrogen-bond donors (Lipinski definition) is 3. The van der Waals surface area contributed by atoms with Crippen LogP contribution < -0.4 is 6.15 Å². The summed E-state index contributed by atoms with van der Waals surface area (Å²) in [5.41, 5.74) is 0. The Kier molecular flexibility index (Phi) is 10.4. The molecule has 1 saturated heterocycles. The lowest BCUT2D eigenvalue weighted by molar-refractivity contribution is -0.122. The van der Waals surface area contributed by atoms with Crippen LogP contribution in [0.3, 0.4) is 0 Å². The molecular formula is C6H14N2O2S2. The molecule has 1 heterocycles. The standard InChI is InChI=1S/C5H9NS2.CH2O2.H3N/c7-5(8)6-3-1-2-4-6;2-1-3;/h1-4H2,(H,7,8);1H,(H,2,3);1H3. The number of hydrogen-bond acceptors (Lipinski definition) is 3. The van der Waals surface area contributed by atoms with Crippen molar-refractivity contribution >= 4 is 35.6 Å². The van der Waals surface area contributed by atoms with Gasteiger partial charge in [0, 0.05) is 13.1 Å². The number of likely N-dealkylation sites (tertiary alicyclic amines) is 1. The molecule has 0 saturated carbocycles. The minimum atomic E-state index is -0.250. The minimum absolute atomic E-state index is 0. The summed E-state index contributed by atoms with van der Waals surface area (Å²) < 4.78 is 0.752. The van der Waals surface area contributed by atoms with Crippen LogP contribution in [0.1, 0.15) is 12.8 Å². The number of carbonyl (C=O) groups is 1. The molecule has 4 N–H and O–H groups in total. The smallest absolute Gasteiger partial charge is 0.290 e. The molecule has 12 heavy (non-hydrogen) atoms. The Morgan fingerprint density at radius 2 is 1.83 bits per heavy atom. The fraction of sp³-hybridized carbons (Fsp3) is 0.667. The van der Waals surface area contributed by atoms with Crippen LogP contribution in [0.5, 0.6) is 0 Å². The minimum Gasteiger partial charge on any atom is -0.483 e. The first-order chi connectivity index (χ1) is 5.22. The van der Waals surface area contributed by atoms with E-state index in [0.717, 1.165) is 17.4 Å². The van der Waals surface area contributed by atoms with Gasteiger partial charge in [0.2, 0.25) is 0 Å². The highest BCUT2D eigenvalue weighted by Gasteiger charge is 2.10. The third-order valence-corrected chi connectivity index (χ3v) is 1.92. The summed E-state index contributed by atoms with van der Waals surface area (Å²) in [6.07, 6.45) is 2.56. The van der Waals surface area contributed by atoms with Gasteiger partial charge in [0.1, 0.15) is 4.32 Å². The number of carboxylic acid groups (broad SMARTS) is 1. The first-order valence-electron chi connectivity index (χ1n) is 3.28. The van der Waals surface area contributed by atoms with Gasteiger partial charge in [0.15, 0.2) is 0 Å². The summed E-state index contributed by atoms with van der Waals surface area (Å²) in [5, 5.41) is 6.89. The largest absolute Gasteiger partial charge is 0.483 e. The van der Waals surface area contributed by atoms with E-state index in [4.69, 9.17) is 22.1 Å². The molecule has 72 valence electrons. The van der Waals surface area contributed by atoms with Gasteiger partial charge in [0.05, 0.1) is 0 Å². The zero-order chi connectivity index (χ0) is 8.69. The maximum atomic E-state index is 8.36. The first kappa shape index (κ1) is 14.2. The van der Waals surface area contributed by atoms with E-state index in [2.05, 4.69) is 17.5 Å². The van der Waals surface area contributed by atoms with Gasteiger partial charge >= 0.3 is 0 Å². The zero-order valence-electron chi connectivity index (χ0n) is 6.77. The maximum absolute atomic E-state index is 8.36. The molecule has 0 amide bonds. The Morgan fingerprint density at radius 1 is 1.50 bits per heavy atom. The SMILES string of the molecule is N.O=CO.S=C(S)N1CCCC1. The normalized spacial score (nSPS) is 13.9. The first-order valence-corrected chi connectivity index (χ1v) is 4.13. The second-order valence-corrected chi connectivity index (χ2v) is 3.20. The molecule has 0 aromatic heterocycles. The summed E-state index contributed by atoms with van der Waals surface area (Å²) in [6, 6.07) is 0. The summed E-state index contributed by atoms with van der Waals surface area (Å²) >= 11 is 8.90. The van der Waals surface area contributed by atoms with Gasteiger partial charge in [-0.1, -0.05) is 12.2 Å². The van der Waals surface area contributed by atoms with Gasteiger partial charge in [-0.15, -0.1) is 12.6 Å². The third-order valence-electron chi connectivity index (χ3n) is 1.38. The van der Waals surface area contributed by atoms with Crippen LogP contribution in [-0.4, -0.2) is 33.9 Å². The highest BCUT2D eigenvalue weighted by atomic mass is 32.1. The fourth-order valence-corrected chi connectivity index (χ4v) is 1.29.